The van der Waals surface area contributed by atoms with E-state index in [4.69, 9.17) is 15.7 Å². The molecule has 2 aromatic rings. The number of carbonyl (C=O) groups is 2. The van der Waals surface area contributed by atoms with Crippen molar-refractivity contribution in [1.29, 1.82) is 0 Å². The Morgan fingerprint density at radius 3 is 2.11 bits per heavy atom. The van der Waals surface area contributed by atoms with Crippen molar-refractivity contribution in [2.45, 2.75) is 53.4 Å². The molecule has 0 radical (unpaired) electrons. The number of aliphatic imine (C=N–C) groups is 2. The predicted octanol–water partition coefficient (Wildman–Crippen LogP) is 4.49. The zero-order chi connectivity index (χ0) is 33.4. The maximum atomic E-state index is 18.0. The van der Waals surface area contributed by atoms with Crippen LogP contribution in [-0.2, 0) is 16.0 Å². The van der Waals surface area contributed by atoms with E-state index in [2.05, 4.69) is 13.2 Å². The fraction of sp³-hybridized carbons (Fsp3) is 0.235. The minimum absolute atomic E-state index is 0.00387. The molecule has 6 rings (SSSR count). The fourth-order valence-corrected chi connectivity index (χ4v) is 13.1. The molecule has 0 fully saturated rings. The summed E-state index contributed by atoms with van der Waals surface area (Å²) in [6.45, 7) is 15.0. The molecule has 0 aromatic carbocycles. The molecule has 0 atom stereocenters. The van der Waals surface area contributed by atoms with E-state index in [9.17, 15) is 19.8 Å². The van der Waals surface area contributed by atoms with E-state index in [1.807, 2.05) is 6.92 Å². The number of rotatable bonds is 8. The number of hydrogen-bond acceptors (Lipinski definition) is 5. The van der Waals surface area contributed by atoms with Crippen LogP contribution in [-0.4, -0.2) is 59.2 Å². The summed E-state index contributed by atoms with van der Waals surface area (Å²) in [5, 5.41) is 19.5. The van der Waals surface area contributed by atoms with Crippen LogP contribution in [0.5, 0.6) is 0 Å². The zero-order valence-corrected chi connectivity index (χ0v) is 28.8. The van der Waals surface area contributed by atoms with E-state index in [1.165, 1.54) is 0 Å². The monoisotopic (exact) mass is 733 g/mol. The van der Waals surface area contributed by atoms with Gasteiger partial charge in [0.05, 0.1) is 0 Å². The summed E-state index contributed by atoms with van der Waals surface area (Å²) in [5.41, 5.74) is 13.3. The standard InChI is InChI=1S/C34H35N5O4.2FH.Sn/c1-7-21-16(2)24-12-25-17(3)22(8-10-32(40)41)29(37-25)15-30-23(9-11-33(42)43)18(4)26(38-30)14-31-34(20(6)35)19(5)27(39-31)13-28(21)36-24;;;/h7,12-15H,1,6,8-11,35H2,2-5H3,(H4,36,37,38,39,40,41,42,43);2*1H;/q;;;+4/p-4. The van der Waals surface area contributed by atoms with Gasteiger partial charge in [-0.2, -0.15) is 0 Å². The fourth-order valence-electron chi connectivity index (χ4n) is 6.84. The van der Waals surface area contributed by atoms with Crippen molar-refractivity contribution in [1.82, 2.24) is 5.58 Å². The number of carboxylic acid groups (broad SMARTS) is 2. The molecule has 12 heteroatoms. The number of aromatic nitrogens is 2. The molecule has 6 bridgehead atoms. The second-order valence-electron chi connectivity index (χ2n) is 11.8. The number of hydrogen-bond donors (Lipinski definition) is 3. The Hall–Kier alpha value is -4.52. The Labute approximate surface area is 270 Å². The van der Waals surface area contributed by atoms with E-state index in [0.29, 0.717) is 56.2 Å². The van der Waals surface area contributed by atoms with Gasteiger partial charge in [0, 0.05) is 0 Å². The summed E-state index contributed by atoms with van der Waals surface area (Å²) >= 11 is -6.89. The van der Waals surface area contributed by atoms with E-state index >= 15 is 5.73 Å². The second kappa shape index (κ2) is 11.1. The zero-order valence-electron chi connectivity index (χ0n) is 26.0. The average Bonchev–Trinajstić information content (AvgIpc) is 3.61. The molecule has 2 aromatic heterocycles. The Kier molecular flexibility index (Phi) is 7.57. The summed E-state index contributed by atoms with van der Waals surface area (Å²) in [6, 6.07) is 0. The van der Waals surface area contributed by atoms with Crippen molar-refractivity contribution < 1.29 is 25.5 Å². The second-order valence-corrected chi connectivity index (χ2v) is 17.3. The predicted molar refractivity (Wildman–Crippen MR) is 178 cm³/mol. The van der Waals surface area contributed by atoms with Crippen LogP contribution in [0.25, 0.3) is 30.0 Å². The van der Waals surface area contributed by atoms with Crippen molar-refractivity contribution in [3.63, 3.8) is 0 Å². The molecule has 0 unspecified atom stereocenters. The van der Waals surface area contributed by atoms with Gasteiger partial charge in [-0.3, -0.25) is 0 Å². The first-order chi connectivity index (χ1) is 21.7. The van der Waals surface area contributed by atoms with Crippen LogP contribution >= 0.6 is 0 Å². The van der Waals surface area contributed by atoms with Crippen molar-refractivity contribution >= 4 is 73.4 Å². The van der Waals surface area contributed by atoms with E-state index < -0.39 is 32.0 Å². The summed E-state index contributed by atoms with van der Waals surface area (Å²) < 4.78 is 38.2. The van der Waals surface area contributed by atoms with E-state index in [1.54, 1.807) is 51.2 Å². The number of nitrogens with two attached hydrogens (primary N) is 1. The molecule has 236 valence electrons. The summed E-state index contributed by atoms with van der Waals surface area (Å²) in [4.78, 5) is 33.1. The van der Waals surface area contributed by atoms with Gasteiger partial charge in [-0.05, 0) is 0 Å². The van der Waals surface area contributed by atoms with Gasteiger partial charge in [0.25, 0.3) is 0 Å². The van der Waals surface area contributed by atoms with Crippen molar-refractivity contribution in [3.05, 3.63) is 97.3 Å². The third kappa shape index (κ3) is 4.70. The maximum absolute atomic E-state index is 18.0. The quantitative estimate of drug-likeness (QED) is 0.344. The molecule has 4 aliphatic heterocycles. The molecule has 0 aliphatic carbocycles. The first kappa shape index (κ1) is 31.5. The van der Waals surface area contributed by atoms with Gasteiger partial charge in [0.1, 0.15) is 0 Å². The number of fused-ring (bicyclic) bond motifs is 2. The Bertz CT molecular complexity index is 2170. The topological polar surface area (TPSA) is 135 Å². The minimum atomic E-state index is -6.89. The van der Waals surface area contributed by atoms with Gasteiger partial charge in [0.2, 0.25) is 0 Å². The van der Waals surface area contributed by atoms with Crippen LogP contribution in [0.1, 0.15) is 66.8 Å². The molecule has 9 nitrogen and oxygen atoms in total. The molecule has 4 aliphatic rings. The van der Waals surface area contributed by atoms with Gasteiger partial charge in [-0.25, -0.2) is 0 Å². The van der Waals surface area contributed by atoms with Gasteiger partial charge in [-0.1, -0.05) is 0 Å². The molecular formula is C34H33F2N5O4Sn. The van der Waals surface area contributed by atoms with E-state index in [0.717, 1.165) is 16.7 Å². The Morgan fingerprint density at radius 1 is 0.870 bits per heavy atom. The average molecular weight is 732 g/mol. The molecule has 0 spiro atoms. The number of halogens is 2. The first-order valence-electron chi connectivity index (χ1n) is 14.8. The SMILES string of the molecule is C=CC1=C(C)C2=NC1=Cc1c(C)c(C(=C)N)c3[n]1[Sn]([F])([F])[n]1c(c(C)c(CCC(=O)O)c1=CC1=NC(=C3)C(C)=C1CCC(=O)O)=C2. The van der Waals surface area contributed by atoms with Crippen LogP contribution in [0, 0.1) is 13.8 Å². The summed E-state index contributed by atoms with van der Waals surface area (Å²) in [5.74, 6) is -2.05. The van der Waals surface area contributed by atoms with Crippen LogP contribution in [0.4, 0.5) is 5.73 Å². The molecule has 0 saturated heterocycles. The molecule has 0 saturated carbocycles. The number of nitrogens with zero attached hydrogens (tertiary/aromatic N) is 4. The summed E-state index contributed by atoms with van der Waals surface area (Å²) in [7, 11) is 0. The molecule has 46 heavy (non-hydrogen) atoms. The molecule has 6 heterocycles. The van der Waals surface area contributed by atoms with Crippen molar-refractivity contribution in [2.75, 3.05) is 0 Å². The van der Waals surface area contributed by atoms with Gasteiger partial charge >= 0.3 is 271 Å². The van der Waals surface area contributed by atoms with Crippen LogP contribution in [0.2, 0.25) is 0 Å². The third-order valence-electron chi connectivity index (χ3n) is 9.15. The number of allylic oxidation sites excluding steroid dienone is 4. The van der Waals surface area contributed by atoms with Crippen molar-refractivity contribution in [2.24, 2.45) is 15.7 Å². The van der Waals surface area contributed by atoms with Crippen LogP contribution < -0.4 is 16.4 Å². The summed E-state index contributed by atoms with van der Waals surface area (Å²) in [6.07, 6.45) is 7.85. The number of aliphatic carboxylic acids is 2. The molecule has 4 N–H and O–H groups in total. The van der Waals surface area contributed by atoms with E-state index in [-0.39, 0.29) is 53.5 Å². The van der Waals surface area contributed by atoms with Crippen molar-refractivity contribution in [3.8, 4) is 0 Å². The number of carboxylic acids is 2. The van der Waals surface area contributed by atoms with Crippen LogP contribution in [0.3, 0.4) is 0 Å². The molecular weight excluding hydrogens is 699 g/mol. The van der Waals surface area contributed by atoms with Crippen LogP contribution in [0.15, 0.2) is 62.9 Å². The molecule has 0 amide bonds. The van der Waals surface area contributed by atoms with Gasteiger partial charge in [0.15, 0.2) is 0 Å². The van der Waals surface area contributed by atoms with Gasteiger partial charge in [-0.15, -0.1) is 0 Å². The Balaban J connectivity index is 1.89. The van der Waals surface area contributed by atoms with Gasteiger partial charge < -0.3 is 0 Å². The first-order valence-corrected chi connectivity index (χ1v) is 19.5. The third-order valence-corrected chi connectivity index (χ3v) is 15.0. The Morgan fingerprint density at radius 2 is 1.48 bits per heavy atom. The normalized spacial score (nSPS) is 17.4.